The molecule has 24 heavy (non-hydrogen) atoms. The predicted molar refractivity (Wildman–Crippen MR) is 92.2 cm³/mol. The van der Waals surface area contributed by atoms with Gasteiger partial charge in [-0.25, -0.2) is 0 Å². The van der Waals surface area contributed by atoms with E-state index in [0.717, 1.165) is 42.6 Å². The molecule has 0 radical (unpaired) electrons. The van der Waals surface area contributed by atoms with E-state index >= 15 is 0 Å². The molecule has 4 fully saturated rings. The monoisotopic (exact) mass is 326 g/mol. The second-order valence-electron chi connectivity index (χ2n) is 8.45. The Kier molecular flexibility index (Phi) is 3.66. The second-order valence-corrected chi connectivity index (χ2v) is 8.45. The molecule has 5 rings (SSSR count). The predicted octanol–water partition coefficient (Wildman–Crippen LogP) is 2.80. The molecule has 4 bridgehead atoms. The van der Waals surface area contributed by atoms with Gasteiger partial charge in [0.2, 0.25) is 5.91 Å². The molecule has 4 aliphatic carbocycles. The van der Waals surface area contributed by atoms with Gasteiger partial charge < -0.3 is 11.1 Å². The van der Waals surface area contributed by atoms with Crippen molar-refractivity contribution < 1.29 is 9.59 Å². The first-order valence-electron chi connectivity index (χ1n) is 9.12. The largest absolute Gasteiger partial charge is 0.368 e. The Morgan fingerprint density at radius 3 is 2.00 bits per heavy atom. The highest BCUT2D eigenvalue weighted by Crippen LogP contribution is 2.61. The first-order valence-corrected chi connectivity index (χ1v) is 9.12. The van der Waals surface area contributed by atoms with E-state index in [1.807, 2.05) is 31.2 Å². The molecule has 0 aromatic heterocycles. The Bertz CT molecular complexity index is 629. The summed E-state index contributed by atoms with van der Waals surface area (Å²) in [5.74, 6) is 1.59. The highest BCUT2D eigenvalue weighted by Gasteiger charge is 2.56. The van der Waals surface area contributed by atoms with Crippen LogP contribution in [0.5, 0.6) is 0 Å². The van der Waals surface area contributed by atoms with Crippen molar-refractivity contribution in [2.24, 2.45) is 28.9 Å². The topological polar surface area (TPSA) is 72.2 Å². The van der Waals surface area contributed by atoms with Crippen LogP contribution < -0.4 is 11.1 Å². The van der Waals surface area contributed by atoms with Crippen LogP contribution in [0.25, 0.3) is 0 Å². The van der Waals surface area contributed by atoms with Gasteiger partial charge >= 0.3 is 0 Å². The van der Waals surface area contributed by atoms with E-state index in [1.54, 1.807) is 0 Å². The van der Waals surface area contributed by atoms with Gasteiger partial charge in [0, 0.05) is 11.0 Å². The molecule has 4 heteroatoms. The quantitative estimate of drug-likeness (QED) is 0.893. The minimum atomic E-state index is -0.542. The van der Waals surface area contributed by atoms with Crippen molar-refractivity contribution >= 4 is 11.8 Å². The van der Waals surface area contributed by atoms with E-state index in [0.29, 0.717) is 5.56 Å². The molecule has 0 unspecified atom stereocenters. The van der Waals surface area contributed by atoms with E-state index < -0.39 is 6.04 Å². The van der Waals surface area contributed by atoms with Crippen molar-refractivity contribution in [2.45, 2.75) is 51.5 Å². The van der Waals surface area contributed by atoms with E-state index in [4.69, 9.17) is 5.73 Å². The highest BCUT2D eigenvalue weighted by atomic mass is 16.2. The Hall–Kier alpha value is -1.84. The van der Waals surface area contributed by atoms with Gasteiger partial charge in [-0.3, -0.25) is 9.59 Å². The van der Waals surface area contributed by atoms with Gasteiger partial charge in [-0.2, -0.15) is 0 Å². The van der Waals surface area contributed by atoms with Crippen molar-refractivity contribution in [3.05, 3.63) is 35.4 Å². The minimum Gasteiger partial charge on any atom is -0.368 e. The third kappa shape index (κ3) is 2.62. The number of rotatable bonds is 4. The molecule has 2 amide bonds. The number of carbonyl (C=O) groups excluding carboxylic acids is 2. The van der Waals surface area contributed by atoms with E-state index in [2.05, 4.69) is 5.32 Å². The van der Waals surface area contributed by atoms with Crippen molar-refractivity contribution in [1.29, 1.82) is 0 Å². The Morgan fingerprint density at radius 2 is 1.54 bits per heavy atom. The number of aryl methyl sites for hydroxylation is 1. The molecule has 0 heterocycles. The zero-order valence-corrected chi connectivity index (χ0v) is 14.3. The molecular weight excluding hydrogens is 300 g/mol. The number of primary amides is 1. The normalized spacial score (nSPS) is 34.8. The summed E-state index contributed by atoms with van der Waals surface area (Å²) in [6, 6.07) is 6.91. The number of nitrogens with one attached hydrogen (secondary N) is 1. The third-order valence-electron chi connectivity index (χ3n) is 6.57. The van der Waals surface area contributed by atoms with E-state index in [-0.39, 0.29) is 17.2 Å². The number of amides is 2. The molecule has 128 valence electrons. The lowest BCUT2D eigenvalue weighted by Gasteiger charge is -2.58. The molecule has 0 aliphatic heterocycles. The molecule has 1 atom stereocenters. The van der Waals surface area contributed by atoms with E-state index in [1.165, 1.54) is 19.3 Å². The van der Waals surface area contributed by atoms with E-state index in [9.17, 15) is 9.59 Å². The number of hydrogen-bond donors (Lipinski definition) is 2. The first-order chi connectivity index (χ1) is 11.4. The zero-order chi connectivity index (χ0) is 16.9. The lowest BCUT2D eigenvalue weighted by atomic mass is 9.47. The van der Waals surface area contributed by atoms with Crippen molar-refractivity contribution in [3.8, 4) is 0 Å². The van der Waals surface area contributed by atoms with Gasteiger partial charge in [-0.15, -0.1) is 0 Å². The first kappa shape index (κ1) is 15.7. The molecule has 0 spiro atoms. The van der Waals surface area contributed by atoms with Crippen LogP contribution in [0.4, 0.5) is 0 Å². The van der Waals surface area contributed by atoms with Crippen LogP contribution in [0.2, 0.25) is 0 Å². The number of carbonyl (C=O) groups is 2. The third-order valence-corrected chi connectivity index (χ3v) is 6.57. The van der Waals surface area contributed by atoms with Crippen LogP contribution in [0.3, 0.4) is 0 Å². The van der Waals surface area contributed by atoms with Gasteiger partial charge in [-0.1, -0.05) is 17.7 Å². The summed E-state index contributed by atoms with van der Waals surface area (Å²) in [6.45, 7) is 1.99. The molecule has 1 aromatic rings. The average molecular weight is 326 g/mol. The summed E-state index contributed by atoms with van der Waals surface area (Å²) in [6.07, 6.45) is 7.03. The van der Waals surface area contributed by atoms with Crippen LogP contribution >= 0.6 is 0 Å². The minimum absolute atomic E-state index is 0.110. The van der Waals surface area contributed by atoms with Crippen molar-refractivity contribution in [2.75, 3.05) is 0 Å². The average Bonchev–Trinajstić information content (AvgIpc) is 2.51. The molecule has 4 saturated carbocycles. The maximum Gasteiger partial charge on any atom is 0.251 e. The summed E-state index contributed by atoms with van der Waals surface area (Å²) in [7, 11) is 0. The fourth-order valence-electron chi connectivity index (χ4n) is 5.98. The molecule has 4 aliphatic rings. The fraction of sp³-hybridized carbons (Fsp3) is 0.600. The summed E-state index contributed by atoms with van der Waals surface area (Å²) in [4.78, 5) is 24.9. The SMILES string of the molecule is Cc1ccc(C(=O)N[C@@H](C(N)=O)C23CC4CC(CC(C4)C2)C3)cc1. The number of hydrogen-bond acceptors (Lipinski definition) is 2. The van der Waals surface area contributed by atoms with Crippen LogP contribution in [0.1, 0.15) is 54.4 Å². The van der Waals surface area contributed by atoms with Crippen molar-refractivity contribution in [3.63, 3.8) is 0 Å². The Labute approximate surface area is 143 Å². The number of nitrogens with two attached hydrogens (primary N) is 1. The second kappa shape index (κ2) is 5.61. The maximum absolute atomic E-state index is 12.6. The summed E-state index contributed by atoms with van der Waals surface area (Å²) >= 11 is 0. The van der Waals surface area contributed by atoms with Gasteiger partial charge in [0.05, 0.1) is 0 Å². The molecule has 1 aromatic carbocycles. The van der Waals surface area contributed by atoms with Gasteiger partial charge in [0.25, 0.3) is 5.91 Å². The van der Waals surface area contributed by atoms with Gasteiger partial charge in [0.15, 0.2) is 0 Å². The van der Waals surface area contributed by atoms with Crippen LogP contribution in [0, 0.1) is 30.1 Å². The summed E-state index contributed by atoms with van der Waals surface area (Å²) in [5.41, 5.74) is 7.35. The maximum atomic E-state index is 12.6. The van der Waals surface area contributed by atoms with Crippen molar-refractivity contribution in [1.82, 2.24) is 5.32 Å². The van der Waals surface area contributed by atoms with Gasteiger partial charge in [0.1, 0.15) is 6.04 Å². The highest BCUT2D eigenvalue weighted by molar-refractivity contribution is 5.97. The lowest BCUT2D eigenvalue weighted by Crippen LogP contribution is -2.61. The number of benzene rings is 1. The molecule has 3 N–H and O–H groups in total. The smallest absolute Gasteiger partial charge is 0.251 e. The molecular formula is C20H26N2O2. The zero-order valence-electron chi connectivity index (χ0n) is 14.3. The lowest BCUT2D eigenvalue weighted by molar-refractivity contribution is -0.131. The Morgan fingerprint density at radius 1 is 1.04 bits per heavy atom. The summed E-state index contributed by atoms with van der Waals surface area (Å²) in [5, 5.41) is 3.00. The summed E-state index contributed by atoms with van der Waals surface area (Å²) < 4.78 is 0. The van der Waals surface area contributed by atoms with Crippen LogP contribution in [-0.4, -0.2) is 17.9 Å². The molecule has 4 nitrogen and oxygen atoms in total. The van der Waals surface area contributed by atoms with Crippen LogP contribution in [0.15, 0.2) is 24.3 Å². The Balaban J connectivity index is 1.57. The van der Waals surface area contributed by atoms with Crippen LogP contribution in [-0.2, 0) is 4.79 Å². The fourth-order valence-corrected chi connectivity index (χ4v) is 5.98. The standard InChI is InChI=1S/C20H26N2O2/c1-12-2-4-16(5-3-12)19(24)22-17(18(21)23)20-9-13-6-14(10-20)8-15(7-13)11-20/h2-5,13-15,17H,6-11H2,1H3,(H2,21,23)(H,22,24)/t13?,14?,15?,17-,20?/m0/s1. The van der Waals surface area contributed by atoms with Gasteiger partial charge in [-0.05, 0) is 75.3 Å². The molecule has 0 saturated heterocycles.